The van der Waals surface area contributed by atoms with Crippen LogP contribution in [0.3, 0.4) is 0 Å². The van der Waals surface area contributed by atoms with Crippen molar-refractivity contribution in [2.45, 2.75) is 32.2 Å². The van der Waals surface area contributed by atoms with Gasteiger partial charge in [0, 0.05) is 61.1 Å². The molecule has 2 aromatic carbocycles. The molecule has 0 radical (unpaired) electrons. The van der Waals surface area contributed by atoms with Gasteiger partial charge in [0.25, 0.3) is 6.43 Å². The fourth-order valence-electron chi connectivity index (χ4n) is 5.43. The van der Waals surface area contributed by atoms with Crippen LogP contribution < -0.4 is 10.2 Å². The summed E-state index contributed by atoms with van der Waals surface area (Å²) in [5, 5.41) is 3.79. The molecule has 0 amide bonds. The van der Waals surface area contributed by atoms with Crippen LogP contribution in [-0.2, 0) is 4.74 Å². The summed E-state index contributed by atoms with van der Waals surface area (Å²) < 4.78 is 63.8. The van der Waals surface area contributed by atoms with Gasteiger partial charge in [0.1, 0.15) is 17.5 Å². The quantitative estimate of drug-likeness (QED) is 0.347. The summed E-state index contributed by atoms with van der Waals surface area (Å²) >= 11 is 0. The lowest BCUT2D eigenvalue weighted by molar-refractivity contribution is -0.000378. The SMILES string of the molecule is C[C@@H](Nc1nc2nccn2c2cc(F)c(N3CC4(CCOCC4)C3)cc12)c1cccc(C(F)F)c1F. The highest BCUT2D eigenvalue weighted by Gasteiger charge is 2.44. The van der Waals surface area contributed by atoms with Crippen LogP contribution in [0.1, 0.15) is 43.4 Å². The van der Waals surface area contributed by atoms with Gasteiger partial charge in [-0.2, -0.15) is 4.98 Å². The molecule has 2 aliphatic heterocycles. The van der Waals surface area contributed by atoms with E-state index >= 15 is 4.39 Å². The number of alkyl halides is 2. The molecule has 0 aliphatic carbocycles. The highest BCUT2D eigenvalue weighted by Crippen LogP contribution is 2.44. The van der Waals surface area contributed by atoms with E-state index in [9.17, 15) is 13.2 Å². The van der Waals surface area contributed by atoms with E-state index in [2.05, 4.69) is 15.3 Å². The van der Waals surface area contributed by atoms with Crippen LogP contribution in [0.5, 0.6) is 0 Å². The van der Waals surface area contributed by atoms with E-state index in [1.54, 1.807) is 29.8 Å². The molecule has 0 saturated carbocycles. The zero-order valence-corrected chi connectivity index (χ0v) is 19.6. The van der Waals surface area contributed by atoms with Crippen LogP contribution in [0, 0.1) is 17.0 Å². The molecule has 1 spiro atoms. The van der Waals surface area contributed by atoms with E-state index in [-0.39, 0.29) is 16.8 Å². The molecule has 2 aliphatic rings. The van der Waals surface area contributed by atoms with Gasteiger partial charge in [0.15, 0.2) is 0 Å². The van der Waals surface area contributed by atoms with E-state index in [1.165, 1.54) is 18.2 Å². The van der Waals surface area contributed by atoms with Gasteiger partial charge in [0.2, 0.25) is 5.78 Å². The Bertz CT molecular complexity index is 1440. The van der Waals surface area contributed by atoms with Crippen molar-refractivity contribution in [1.29, 1.82) is 0 Å². The number of nitrogens with one attached hydrogen (secondary N) is 1. The monoisotopic (exact) mass is 499 g/mol. The van der Waals surface area contributed by atoms with Crippen LogP contribution in [0.25, 0.3) is 16.7 Å². The third-order valence-electron chi connectivity index (χ3n) is 7.47. The minimum absolute atomic E-state index is 0.0949. The Hall–Kier alpha value is -3.40. The van der Waals surface area contributed by atoms with Gasteiger partial charge in [-0.25, -0.2) is 22.5 Å². The molecular weight excluding hydrogens is 474 g/mol. The molecule has 2 saturated heterocycles. The van der Waals surface area contributed by atoms with Crippen molar-refractivity contribution in [2.75, 3.05) is 36.5 Å². The minimum Gasteiger partial charge on any atom is -0.381 e. The average Bonchev–Trinajstić information content (AvgIpc) is 3.31. The molecule has 10 heteroatoms. The van der Waals surface area contributed by atoms with Crippen molar-refractivity contribution in [3.05, 3.63) is 65.5 Å². The van der Waals surface area contributed by atoms with Crippen LogP contribution in [0.4, 0.5) is 29.1 Å². The highest BCUT2D eigenvalue weighted by atomic mass is 19.3. The Morgan fingerprint density at radius 3 is 2.58 bits per heavy atom. The molecule has 36 heavy (non-hydrogen) atoms. The smallest absolute Gasteiger partial charge is 0.266 e. The largest absolute Gasteiger partial charge is 0.381 e. The van der Waals surface area contributed by atoms with E-state index in [0.717, 1.165) is 45.2 Å². The van der Waals surface area contributed by atoms with E-state index in [0.29, 0.717) is 28.2 Å². The first-order valence-corrected chi connectivity index (χ1v) is 12.0. The highest BCUT2D eigenvalue weighted by molar-refractivity contribution is 5.94. The first kappa shape index (κ1) is 23.0. The lowest BCUT2D eigenvalue weighted by Gasteiger charge is -2.53. The van der Waals surface area contributed by atoms with Crippen LogP contribution in [-0.4, -0.2) is 40.7 Å². The normalized spacial score (nSPS) is 18.2. The Morgan fingerprint density at radius 2 is 1.83 bits per heavy atom. The summed E-state index contributed by atoms with van der Waals surface area (Å²) in [4.78, 5) is 10.8. The molecule has 0 unspecified atom stereocenters. The molecular formula is C26H25F4N5O. The summed E-state index contributed by atoms with van der Waals surface area (Å²) in [5.41, 5.74) is 0.637. The van der Waals surface area contributed by atoms with Crippen molar-refractivity contribution in [3.8, 4) is 0 Å². The zero-order chi connectivity index (χ0) is 25.0. The van der Waals surface area contributed by atoms with Crippen molar-refractivity contribution < 1.29 is 22.3 Å². The van der Waals surface area contributed by atoms with Crippen molar-refractivity contribution >= 4 is 28.2 Å². The maximum atomic E-state index is 15.4. The number of fused-ring (bicyclic) bond motifs is 3. The second kappa shape index (κ2) is 8.62. The summed E-state index contributed by atoms with van der Waals surface area (Å²) in [6.07, 6.45) is 2.27. The molecule has 188 valence electrons. The molecule has 1 N–H and O–H groups in total. The molecule has 6 nitrogen and oxygen atoms in total. The van der Waals surface area contributed by atoms with E-state index in [1.807, 2.05) is 4.90 Å². The van der Waals surface area contributed by atoms with Gasteiger partial charge in [-0.15, -0.1) is 0 Å². The second-order valence-electron chi connectivity index (χ2n) is 9.76. The second-order valence-corrected chi connectivity index (χ2v) is 9.76. The number of halogens is 4. The Kier molecular flexibility index (Phi) is 5.51. The molecule has 1 atom stereocenters. The third-order valence-corrected chi connectivity index (χ3v) is 7.47. The predicted molar refractivity (Wildman–Crippen MR) is 129 cm³/mol. The van der Waals surface area contributed by atoms with Crippen molar-refractivity contribution in [3.63, 3.8) is 0 Å². The van der Waals surface area contributed by atoms with E-state index < -0.39 is 23.8 Å². The molecule has 2 aromatic heterocycles. The fourth-order valence-corrected chi connectivity index (χ4v) is 5.43. The maximum Gasteiger partial charge on any atom is 0.266 e. The van der Waals surface area contributed by atoms with Gasteiger partial charge in [-0.3, -0.25) is 4.40 Å². The summed E-state index contributed by atoms with van der Waals surface area (Å²) in [6, 6.07) is 6.49. The Balaban J connectivity index is 1.39. The van der Waals surface area contributed by atoms with E-state index in [4.69, 9.17) is 4.74 Å². The lowest BCUT2D eigenvalue weighted by atomic mass is 9.73. The Morgan fingerprint density at radius 1 is 1.08 bits per heavy atom. The van der Waals surface area contributed by atoms with Crippen molar-refractivity contribution in [1.82, 2.24) is 14.4 Å². The van der Waals surface area contributed by atoms with Gasteiger partial charge >= 0.3 is 0 Å². The number of rotatable bonds is 5. The average molecular weight is 500 g/mol. The Labute approximate surface area is 204 Å². The number of benzene rings is 2. The fraction of sp³-hybridized carbons (Fsp3) is 0.385. The molecule has 4 heterocycles. The number of ether oxygens (including phenoxy) is 1. The number of imidazole rings is 1. The number of hydrogen-bond acceptors (Lipinski definition) is 5. The van der Waals surface area contributed by atoms with Crippen LogP contribution >= 0.6 is 0 Å². The van der Waals surface area contributed by atoms with Gasteiger partial charge < -0.3 is 15.0 Å². The number of hydrogen-bond donors (Lipinski definition) is 1. The summed E-state index contributed by atoms with van der Waals surface area (Å²) in [7, 11) is 0. The lowest BCUT2D eigenvalue weighted by Crippen LogP contribution is -2.58. The first-order chi connectivity index (χ1) is 17.3. The van der Waals surface area contributed by atoms with Crippen LogP contribution in [0.15, 0.2) is 42.7 Å². The van der Waals surface area contributed by atoms with Gasteiger partial charge in [-0.05, 0) is 25.8 Å². The van der Waals surface area contributed by atoms with Crippen molar-refractivity contribution in [2.24, 2.45) is 5.41 Å². The number of nitrogens with zero attached hydrogens (tertiary/aromatic N) is 4. The molecule has 4 aromatic rings. The number of anilines is 2. The first-order valence-electron chi connectivity index (χ1n) is 12.0. The minimum atomic E-state index is -2.92. The zero-order valence-electron chi connectivity index (χ0n) is 19.6. The summed E-state index contributed by atoms with van der Waals surface area (Å²) in [5.74, 6) is -0.579. The topological polar surface area (TPSA) is 54.7 Å². The standard InChI is InChI=1S/C26H25F4N5O/c1-15(16-3-2-4-17(22(16)28)23(29)30)32-24-18-11-21(34-13-26(14-34)5-9-36-10-6-26)19(27)12-20(18)35-8-7-31-25(35)33-24/h2-4,7-8,11-12,15,23H,5-6,9-10,13-14H2,1H3,(H,31,32,33)/t15-/m1/s1. The van der Waals surface area contributed by atoms with Gasteiger partial charge in [0.05, 0.1) is 22.8 Å². The molecule has 0 bridgehead atoms. The third kappa shape index (κ3) is 3.75. The summed E-state index contributed by atoms with van der Waals surface area (Å²) in [6.45, 7) is 4.64. The molecule has 2 fully saturated rings. The predicted octanol–water partition coefficient (Wildman–Crippen LogP) is 5.89. The molecule has 6 rings (SSSR count). The maximum absolute atomic E-state index is 15.4. The number of aromatic nitrogens is 3. The van der Waals surface area contributed by atoms with Gasteiger partial charge in [-0.1, -0.05) is 18.2 Å². The van der Waals surface area contributed by atoms with Crippen LogP contribution in [0.2, 0.25) is 0 Å².